The minimum Gasteiger partial charge on any atom is -0.382 e. The smallest absolute Gasteiger partial charge is 0.311 e. The Kier molecular flexibility index (Phi) is 4.74. The van der Waals surface area contributed by atoms with Crippen molar-refractivity contribution >= 4 is 17.5 Å². The number of amides is 2. The maximum Gasteiger partial charge on any atom is 0.311 e. The van der Waals surface area contributed by atoms with Crippen LogP contribution in [0.25, 0.3) is 0 Å². The summed E-state index contributed by atoms with van der Waals surface area (Å²) < 4.78 is 0. The molecule has 0 aromatic heterocycles. The van der Waals surface area contributed by atoms with Gasteiger partial charge in [-0.1, -0.05) is 39.0 Å². The summed E-state index contributed by atoms with van der Waals surface area (Å²) in [5.74, 6) is -1.45. The quantitative estimate of drug-likeness (QED) is 0.819. The fraction of sp³-hybridized carbons (Fsp3) is 0.529. The highest BCUT2D eigenvalue weighted by atomic mass is 16.2. The van der Waals surface area contributed by atoms with Crippen LogP contribution in [0.1, 0.15) is 39.2 Å². The number of primary amides is 1. The average Bonchev–Trinajstić information content (AvgIpc) is 2.46. The van der Waals surface area contributed by atoms with Gasteiger partial charge in [0, 0.05) is 24.8 Å². The van der Waals surface area contributed by atoms with Gasteiger partial charge in [-0.2, -0.15) is 0 Å². The summed E-state index contributed by atoms with van der Waals surface area (Å²) in [5.41, 5.74) is 7.55. The zero-order valence-electron chi connectivity index (χ0n) is 13.6. The number of anilines is 1. The van der Waals surface area contributed by atoms with Crippen LogP contribution in [0.3, 0.4) is 0 Å². The van der Waals surface area contributed by atoms with E-state index in [1.807, 2.05) is 6.07 Å². The molecule has 0 aliphatic carbocycles. The Morgan fingerprint density at radius 2 is 1.77 bits per heavy atom. The Morgan fingerprint density at radius 3 is 2.32 bits per heavy atom. The number of hydrogen-bond donors (Lipinski definition) is 2. The Bertz CT molecular complexity index is 555. The maximum atomic E-state index is 11.6. The van der Waals surface area contributed by atoms with Crippen LogP contribution in [-0.4, -0.2) is 35.8 Å². The third-order valence-electron chi connectivity index (χ3n) is 4.09. The summed E-state index contributed by atoms with van der Waals surface area (Å²) in [6, 6.07) is 8.64. The second kappa shape index (κ2) is 6.38. The number of rotatable bonds is 2. The Morgan fingerprint density at radius 1 is 1.18 bits per heavy atom. The van der Waals surface area contributed by atoms with Gasteiger partial charge in [0.05, 0.1) is 0 Å². The highest BCUT2D eigenvalue weighted by molar-refractivity contribution is 6.34. The molecule has 1 saturated heterocycles. The molecule has 1 heterocycles. The van der Waals surface area contributed by atoms with Gasteiger partial charge in [0.2, 0.25) is 0 Å². The molecular formula is C17H25N3O2. The molecule has 1 aromatic carbocycles. The number of benzene rings is 1. The lowest BCUT2D eigenvalue weighted by Crippen LogP contribution is -2.47. The van der Waals surface area contributed by atoms with Gasteiger partial charge < -0.3 is 16.0 Å². The van der Waals surface area contributed by atoms with Crippen molar-refractivity contribution in [2.24, 2.45) is 5.73 Å². The molecule has 3 N–H and O–H groups in total. The SMILES string of the molecule is CC(C)(C)c1ccccc1NC1CCN(C(=O)C(N)=O)CC1. The van der Waals surface area contributed by atoms with Crippen molar-refractivity contribution in [3.05, 3.63) is 29.8 Å². The van der Waals surface area contributed by atoms with Gasteiger partial charge in [-0.3, -0.25) is 9.59 Å². The van der Waals surface area contributed by atoms with Crippen LogP contribution in [0.2, 0.25) is 0 Å². The predicted molar refractivity (Wildman–Crippen MR) is 87.6 cm³/mol. The average molecular weight is 303 g/mol. The fourth-order valence-corrected chi connectivity index (χ4v) is 2.87. The molecule has 0 spiro atoms. The molecule has 1 fully saturated rings. The molecule has 120 valence electrons. The Balaban J connectivity index is 2.00. The molecule has 1 aliphatic heterocycles. The van der Waals surface area contributed by atoms with Gasteiger partial charge in [-0.25, -0.2) is 0 Å². The second-order valence-corrected chi connectivity index (χ2v) is 6.87. The lowest BCUT2D eigenvalue weighted by molar-refractivity contribution is -0.144. The normalized spacial score (nSPS) is 16.4. The molecule has 1 aromatic rings. The molecule has 5 nitrogen and oxygen atoms in total. The zero-order valence-corrected chi connectivity index (χ0v) is 13.6. The molecule has 1 aliphatic rings. The number of likely N-dealkylation sites (tertiary alicyclic amines) is 1. The topological polar surface area (TPSA) is 75.4 Å². The van der Waals surface area contributed by atoms with Crippen LogP contribution in [0, 0.1) is 0 Å². The maximum absolute atomic E-state index is 11.6. The summed E-state index contributed by atoms with van der Waals surface area (Å²) >= 11 is 0. The van der Waals surface area contributed by atoms with E-state index in [-0.39, 0.29) is 5.41 Å². The number of nitrogens with zero attached hydrogens (tertiary/aromatic N) is 1. The van der Waals surface area contributed by atoms with Gasteiger partial charge in [0.15, 0.2) is 0 Å². The first-order chi connectivity index (χ1) is 10.3. The van der Waals surface area contributed by atoms with Gasteiger partial charge in [-0.05, 0) is 29.9 Å². The number of hydrogen-bond acceptors (Lipinski definition) is 3. The van der Waals surface area contributed by atoms with Gasteiger partial charge in [0.1, 0.15) is 0 Å². The molecule has 0 atom stereocenters. The molecule has 22 heavy (non-hydrogen) atoms. The summed E-state index contributed by atoms with van der Waals surface area (Å²) in [6.45, 7) is 7.72. The second-order valence-electron chi connectivity index (χ2n) is 6.87. The molecule has 5 heteroatoms. The molecular weight excluding hydrogens is 278 g/mol. The van der Waals surface area contributed by atoms with Crippen molar-refractivity contribution in [2.75, 3.05) is 18.4 Å². The van der Waals surface area contributed by atoms with E-state index in [0.717, 1.165) is 18.5 Å². The van der Waals surface area contributed by atoms with E-state index in [0.29, 0.717) is 19.1 Å². The van der Waals surface area contributed by atoms with E-state index in [4.69, 9.17) is 5.73 Å². The van der Waals surface area contributed by atoms with Crippen LogP contribution in [-0.2, 0) is 15.0 Å². The lowest BCUT2D eigenvalue weighted by atomic mass is 9.85. The molecule has 0 bridgehead atoms. The van der Waals surface area contributed by atoms with Crippen molar-refractivity contribution in [3.8, 4) is 0 Å². The summed E-state index contributed by atoms with van der Waals surface area (Å²) in [4.78, 5) is 24.1. The van der Waals surface area contributed by atoms with Crippen LogP contribution in [0.15, 0.2) is 24.3 Å². The van der Waals surface area contributed by atoms with E-state index >= 15 is 0 Å². The largest absolute Gasteiger partial charge is 0.382 e. The number of nitrogens with one attached hydrogen (secondary N) is 1. The van der Waals surface area contributed by atoms with E-state index in [1.165, 1.54) is 10.5 Å². The Hall–Kier alpha value is -2.04. The minimum atomic E-state index is -0.871. The van der Waals surface area contributed by atoms with Crippen molar-refractivity contribution in [1.82, 2.24) is 4.90 Å². The number of piperidine rings is 1. The first-order valence-electron chi connectivity index (χ1n) is 7.74. The molecule has 0 unspecified atom stereocenters. The lowest BCUT2D eigenvalue weighted by Gasteiger charge is -2.33. The van der Waals surface area contributed by atoms with Crippen molar-refractivity contribution in [1.29, 1.82) is 0 Å². The van der Waals surface area contributed by atoms with Crippen LogP contribution in [0.4, 0.5) is 5.69 Å². The minimum absolute atomic E-state index is 0.0756. The number of nitrogens with two attached hydrogens (primary N) is 1. The first kappa shape index (κ1) is 16.3. The first-order valence-corrected chi connectivity index (χ1v) is 7.74. The molecule has 0 radical (unpaired) electrons. The van der Waals surface area contributed by atoms with E-state index in [1.54, 1.807) is 0 Å². The summed E-state index contributed by atoms with van der Waals surface area (Å²) in [6.07, 6.45) is 1.63. The van der Waals surface area contributed by atoms with Crippen LogP contribution >= 0.6 is 0 Å². The fourth-order valence-electron chi connectivity index (χ4n) is 2.87. The monoisotopic (exact) mass is 303 g/mol. The predicted octanol–water partition coefficient (Wildman–Crippen LogP) is 1.87. The highest BCUT2D eigenvalue weighted by Crippen LogP contribution is 2.30. The van der Waals surface area contributed by atoms with Crippen molar-refractivity contribution in [3.63, 3.8) is 0 Å². The summed E-state index contributed by atoms with van der Waals surface area (Å²) in [5, 5.41) is 3.59. The number of carbonyl (C=O) groups excluding carboxylic acids is 2. The van der Waals surface area contributed by atoms with Gasteiger partial charge in [0.25, 0.3) is 0 Å². The third-order valence-corrected chi connectivity index (χ3v) is 4.09. The zero-order chi connectivity index (χ0) is 16.3. The third kappa shape index (κ3) is 3.78. The van der Waals surface area contributed by atoms with E-state index < -0.39 is 11.8 Å². The van der Waals surface area contributed by atoms with Gasteiger partial charge >= 0.3 is 11.8 Å². The number of para-hydroxylation sites is 1. The van der Waals surface area contributed by atoms with Crippen molar-refractivity contribution < 1.29 is 9.59 Å². The number of carbonyl (C=O) groups is 2. The van der Waals surface area contributed by atoms with Crippen molar-refractivity contribution in [2.45, 2.75) is 45.1 Å². The Labute approximate surface area is 131 Å². The van der Waals surface area contributed by atoms with E-state index in [2.05, 4.69) is 44.3 Å². The van der Waals surface area contributed by atoms with Crippen LogP contribution < -0.4 is 11.1 Å². The van der Waals surface area contributed by atoms with Crippen LogP contribution in [0.5, 0.6) is 0 Å². The van der Waals surface area contributed by atoms with E-state index in [9.17, 15) is 9.59 Å². The molecule has 2 rings (SSSR count). The highest BCUT2D eigenvalue weighted by Gasteiger charge is 2.26. The van der Waals surface area contributed by atoms with Gasteiger partial charge in [-0.15, -0.1) is 0 Å². The standard InChI is InChI=1S/C17H25N3O2/c1-17(2,3)13-6-4-5-7-14(13)19-12-8-10-20(11-9-12)16(22)15(18)21/h4-7,12,19H,8-11H2,1-3H3,(H2,18,21). The molecule has 2 amide bonds. The molecule has 0 saturated carbocycles. The summed E-state index contributed by atoms with van der Waals surface area (Å²) in [7, 11) is 0.